The van der Waals surface area contributed by atoms with E-state index in [-0.39, 0.29) is 0 Å². The highest BCUT2D eigenvalue weighted by Crippen LogP contribution is 2.47. The Morgan fingerprint density at radius 3 is 2.82 bits per heavy atom. The second-order valence-electron chi connectivity index (χ2n) is 5.60. The van der Waals surface area contributed by atoms with Gasteiger partial charge in [-0.3, -0.25) is 4.79 Å². The van der Waals surface area contributed by atoms with Crippen LogP contribution in [0.1, 0.15) is 32.6 Å². The molecule has 2 heterocycles. The van der Waals surface area contributed by atoms with E-state index in [1.807, 2.05) is 11.8 Å². The van der Waals surface area contributed by atoms with Crippen molar-refractivity contribution in [3.63, 3.8) is 0 Å². The highest BCUT2D eigenvalue weighted by atomic mass is 32.2. The van der Waals surface area contributed by atoms with Crippen LogP contribution in [0.2, 0.25) is 0 Å². The molecule has 0 aromatic carbocycles. The lowest BCUT2D eigenvalue weighted by molar-refractivity contribution is -0.143. The van der Waals surface area contributed by atoms with Crippen LogP contribution in [-0.4, -0.2) is 47.1 Å². The zero-order valence-corrected chi connectivity index (χ0v) is 11.3. The topological polar surface area (TPSA) is 29.5 Å². The molecule has 2 saturated heterocycles. The van der Waals surface area contributed by atoms with Gasteiger partial charge < -0.3 is 9.64 Å². The summed E-state index contributed by atoms with van der Waals surface area (Å²) in [6.45, 7) is 4.81. The first-order chi connectivity index (χ1) is 8.22. The lowest BCUT2D eigenvalue weighted by Gasteiger charge is -2.49. The lowest BCUT2D eigenvalue weighted by Crippen LogP contribution is -2.62. The summed E-state index contributed by atoms with van der Waals surface area (Å²) < 4.78 is 6.03. The first-order valence-electron chi connectivity index (χ1n) is 6.77. The van der Waals surface area contributed by atoms with Crippen molar-refractivity contribution in [2.75, 3.05) is 25.4 Å². The average molecular weight is 255 g/mol. The van der Waals surface area contributed by atoms with Gasteiger partial charge in [-0.1, -0.05) is 6.42 Å². The van der Waals surface area contributed by atoms with Gasteiger partial charge in [-0.25, -0.2) is 0 Å². The summed E-state index contributed by atoms with van der Waals surface area (Å²) in [4.78, 5) is 14.1. The molecule has 17 heavy (non-hydrogen) atoms. The van der Waals surface area contributed by atoms with E-state index in [9.17, 15) is 4.79 Å². The van der Waals surface area contributed by atoms with Crippen LogP contribution in [0.4, 0.5) is 0 Å². The minimum atomic E-state index is 0.346. The number of thioether (sulfide) groups is 1. The Morgan fingerprint density at radius 2 is 2.24 bits per heavy atom. The van der Waals surface area contributed by atoms with Crippen molar-refractivity contribution < 1.29 is 9.53 Å². The van der Waals surface area contributed by atoms with Crippen LogP contribution in [-0.2, 0) is 9.53 Å². The Morgan fingerprint density at radius 1 is 1.47 bits per heavy atom. The van der Waals surface area contributed by atoms with Gasteiger partial charge in [0.25, 0.3) is 0 Å². The second kappa shape index (κ2) is 4.47. The second-order valence-corrected chi connectivity index (χ2v) is 7.09. The van der Waals surface area contributed by atoms with Gasteiger partial charge in [0.15, 0.2) is 0 Å². The molecule has 0 bridgehead atoms. The van der Waals surface area contributed by atoms with Gasteiger partial charge in [0.2, 0.25) is 5.91 Å². The Labute approximate surface area is 107 Å². The zero-order chi connectivity index (χ0) is 11.9. The Bertz CT molecular complexity index is 311. The van der Waals surface area contributed by atoms with Crippen LogP contribution < -0.4 is 0 Å². The minimum absolute atomic E-state index is 0.346. The Balaban J connectivity index is 1.49. The van der Waals surface area contributed by atoms with Crippen molar-refractivity contribution in [1.82, 2.24) is 4.90 Å². The molecule has 0 aromatic rings. The van der Waals surface area contributed by atoms with Gasteiger partial charge in [-0.2, -0.15) is 0 Å². The van der Waals surface area contributed by atoms with Crippen molar-refractivity contribution in [1.29, 1.82) is 0 Å². The van der Waals surface area contributed by atoms with Gasteiger partial charge in [-0.15, -0.1) is 11.8 Å². The maximum atomic E-state index is 12.0. The molecule has 3 fully saturated rings. The summed E-state index contributed by atoms with van der Waals surface area (Å²) in [5, 5.41) is 0. The average Bonchev–Trinajstić information content (AvgIpc) is 2.57. The van der Waals surface area contributed by atoms with Crippen molar-refractivity contribution in [2.45, 2.75) is 43.5 Å². The molecule has 3 rings (SSSR count). The van der Waals surface area contributed by atoms with E-state index in [0.717, 1.165) is 44.7 Å². The zero-order valence-electron chi connectivity index (χ0n) is 10.5. The molecule has 1 aliphatic carbocycles. The van der Waals surface area contributed by atoms with E-state index >= 15 is 0 Å². The molecule has 3 aliphatic rings. The van der Waals surface area contributed by atoms with Crippen LogP contribution >= 0.6 is 11.8 Å². The molecule has 2 aliphatic heterocycles. The fraction of sp³-hybridized carbons (Fsp3) is 0.923. The van der Waals surface area contributed by atoms with Crippen LogP contribution in [0.5, 0.6) is 0 Å². The van der Waals surface area contributed by atoms with Crippen molar-refractivity contribution in [3.05, 3.63) is 0 Å². The molecule has 0 aromatic heterocycles. The number of hydrogen-bond acceptors (Lipinski definition) is 3. The van der Waals surface area contributed by atoms with Gasteiger partial charge in [0.05, 0.1) is 10.9 Å². The molecule has 96 valence electrons. The maximum Gasteiger partial charge on any atom is 0.225 e. The van der Waals surface area contributed by atoms with Crippen molar-refractivity contribution in [3.8, 4) is 0 Å². The van der Waals surface area contributed by atoms with Gasteiger partial charge in [0.1, 0.15) is 0 Å². The first kappa shape index (κ1) is 11.8. The molecule has 1 spiro atoms. The molecule has 0 unspecified atom stereocenters. The Hall–Kier alpha value is -0.220. The largest absolute Gasteiger partial charge is 0.378 e. The van der Waals surface area contributed by atoms with E-state index in [0.29, 0.717) is 22.7 Å². The fourth-order valence-corrected chi connectivity index (χ4v) is 4.64. The standard InChI is InChI=1S/C13H21NO2S/c1-2-16-11-6-13(17-7-11)8-14(9-13)12(15)10-4-3-5-10/h10-11H,2-9H2,1H3/t11-/m1/s1. The molecular formula is C13H21NO2S. The molecule has 0 N–H and O–H groups in total. The van der Waals surface area contributed by atoms with E-state index in [2.05, 4.69) is 11.8 Å². The minimum Gasteiger partial charge on any atom is -0.378 e. The SMILES string of the molecule is CCO[C@H]1CSC2(C1)CN(C(=O)C1CCC1)C2. The number of hydrogen-bond donors (Lipinski definition) is 0. The molecule has 1 saturated carbocycles. The number of ether oxygens (including phenoxy) is 1. The normalized spacial score (nSPS) is 31.4. The smallest absolute Gasteiger partial charge is 0.225 e. The molecular weight excluding hydrogens is 234 g/mol. The number of carbonyl (C=O) groups excluding carboxylic acids is 1. The fourth-order valence-electron chi connectivity index (χ4n) is 3.08. The quantitative estimate of drug-likeness (QED) is 0.771. The molecule has 3 nitrogen and oxygen atoms in total. The summed E-state index contributed by atoms with van der Waals surface area (Å²) in [7, 11) is 0. The predicted octanol–water partition coefficient (Wildman–Crippen LogP) is 1.91. The number of nitrogens with zero attached hydrogens (tertiary/aromatic N) is 1. The maximum absolute atomic E-state index is 12.0. The Kier molecular flexibility index (Phi) is 3.11. The predicted molar refractivity (Wildman–Crippen MR) is 69.1 cm³/mol. The van der Waals surface area contributed by atoms with Crippen LogP contribution in [0.25, 0.3) is 0 Å². The molecule has 1 atom stereocenters. The summed E-state index contributed by atoms with van der Waals surface area (Å²) in [6.07, 6.45) is 5.05. The van der Waals surface area contributed by atoms with Gasteiger partial charge in [-0.05, 0) is 26.2 Å². The summed E-state index contributed by atoms with van der Waals surface area (Å²) in [6, 6.07) is 0. The number of likely N-dealkylation sites (tertiary alicyclic amines) is 1. The molecule has 1 amide bonds. The van der Waals surface area contributed by atoms with E-state index in [1.54, 1.807) is 0 Å². The molecule has 0 radical (unpaired) electrons. The third-order valence-corrected chi connectivity index (χ3v) is 5.88. The lowest BCUT2D eigenvalue weighted by atomic mass is 9.82. The van der Waals surface area contributed by atoms with E-state index in [4.69, 9.17) is 4.74 Å². The summed E-state index contributed by atoms with van der Waals surface area (Å²) in [5.74, 6) is 1.89. The van der Waals surface area contributed by atoms with Crippen LogP contribution in [0, 0.1) is 5.92 Å². The third kappa shape index (κ3) is 2.10. The number of rotatable bonds is 3. The summed E-state index contributed by atoms with van der Waals surface area (Å²) >= 11 is 2.02. The monoisotopic (exact) mass is 255 g/mol. The highest BCUT2D eigenvalue weighted by Gasteiger charge is 2.51. The van der Waals surface area contributed by atoms with E-state index < -0.39 is 0 Å². The molecule has 4 heteroatoms. The van der Waals surface area contributed by atoms with Crippen molar-refractivity contribution in [2.24, 2.45) is 5.92 Å². The highest BCUT2D eigenvalue weighted by molar-refractivity contribution is 8.01. The third-order valence-electron chi connectivity index (χ3n) is 4.30. The van der Waals surface area contributed by atoms with Crippen LogP contribution in [0.15, 0.2) is 0 Å². The number of amides is 1. The van der Waals surface area contributed by atoms with Gasteiger partial charge in [0, 0.05) is 31.4 Å². The van der Waals surface area contributed by atoms with E-state index in [1.165, 1.54) is 6.42 Å². The van der Waals surface area contributed by atoms with Crippen molar-refractivity contribution >= 4 is 17.7 Å². The van der Waals surface area contributed by atoms with Gasteiger partial charge >= 0.3 is 0 Å². The first-order valence-corrected chi connectivity index (χ1v) is 7.75. The summed E-state index contributed by atoms with van der Waals surface area (Å²) in [5.41, 5.74) is 0. The van der Waals surface area contributed by atoms with Crippen LogP contribution in [0.3, 0.4) is 0 Å². The number of carbonyl (C=O) groups is 1.